The first-order valence-electron chi connectivity index (χ1n) is 5.00. The molecule has 0 aliphatic rings. The molecule has 84 valence electrons. The number of carboxylic acids is 1. The molecule has 16 heavy (non-hydrogen) atoms. The standard InChI is InChI=1S/C12H12O4/c1-3-7-8-6-11(12(13)14)16-10(8)5-4-9(7)15-2/h4-6H,3H2,1-2H3,(H,13,14). The minimum absolute atomic E-state index is 0.0436. The number of benzene rings is 1. The predicted octanol–water partition coefficient (Wildman–Crippen LogP) is 2.70. The molecule has 4 nitrogen and oxygen atoms in total. The monoisotopic (exact) mass is 220 g/mol. The highest BCUT2D eigenvalue weighted by molar-refractivity contribution is 5.93. The second-order valence-corrected chi connectivity index (χ2v) is 3.43. The van der Waals surface area contributed by atoms with Crippen molar-refractivity contribution in [2.75, 3.05) is 7.11 Å². The van der Waals surface area contributed by atoms with Crippen LogP contribution in [-0.2, 0) is 6.42 Å². The lowest BCUT2D eigenvalue weighted by molar-refractivity contribution is 0.0665. The summed E-state index contributed by atoms with van der Waals surface area (Å²) < 4.78 is 10.4. The van der Waals surface area contributed by atoms with Crippen LogP contribution in [0.2, 0.25) is 0 Å². The summed E-state index contributed by atoms with van der Waals surface area (Å²) >= 11 is 0. The molecule has 0 radical (unpaired) electrons. The molecule has 2 rings (SSSR count). The van der Waals surface area contributed by atoms with Gasteiger partial charge in [-0.25, -0.2) is 4.79 Å². The van der Waals surface area contributed by atoms with E-state index in [2.05, 4.69) is 0 Å². The van der Waals surface area contributed by atoms with Crippen molar-refractivity contribution in [3.05, 3.63) is 29.5 Å². The zero-order valence-electron chi connectivity index (χ0n) is 9.11. The Hall–Kier alpha value is -1.97. The van der Waals surface area contributed by atoms with Crippen LogP contribution < -0.4 is 4.74 Å². The van der Waals surface area contributed by atoms with Crippen LogP contribution in [0, 0.1) is 0 Å². The van der Waals surface area contributed by atoms with E-state index in [1.54, 1.807) is 25.3 Å². The maximum atomic E-state index is 10.8. The van der Waals surface area contributed by atoms with Gasteiger partial charge in [-0.2, -0.15) is 0 Å². The largest absolute Gasteiger partial charge is 0.496 e. The fourth-order valence-corrected chi connectivity index (χ4v) is 1.81. The topological polar surface area (TPSA) is 59.7 Å². The molecule has 0 amide bonds. The summed E-state index contributed by atoms with van der Waals surface area (Å²) in [5.41, 5.74) is 1.55. The van der Waals surface area contributed by atoms with Gasteiger partial charge >= 0.3 is 5.97 Å². The quantitative estimate of drug-likeness (QED) is 0.863. The lowest BCUT2D eigenvalue weighted by Gasteiger charge is -2.06. The van der Waals surface area contributed by atoms with Crippen LogP contribution >= 0.6 is 0 Å². The van der Waals surface area contributed by atoms with E-state index >= 15 is 0 Å². The van der Waals surface area contributed by atoms with Gasteiger partial charge in [0.2, 0.25) is 5.76 Å². The van der Waals surface area contributed by atoms with E-state index in [0.29, 0.717) is 5.58 Å². The van der Waals surface area contributed by atoms with Crippen LogP contribution in [0.5, 0.6) is 5.75 Å². The number of hydrogen-bond donors (Lipinski definition) is 1. The Labute approximate surface area is 92.4 Å². The van der Waals surface area contributed by atoms with Crippen LogP contribution in [0.1, 0.15) is 23.0 Å². The number of furan rings is 1. The molecule has 0 aliphatic heterocycles. The van der Waals surface area contributed by atoms with Crippen molar-refractivity contribution in [1.29, 1.82) is 0 Å². The number of aryl methyl sites for hydroxylation is 1. The van der Waals surface area contributed by atoms with E-state index in [1.807, 2.05) is 6.92 Å². The van der Waals surface area contributed by atoms with Crippen molar-refractivity contribution in [1.82, 2.24) is 0 Å². The number of methoxy groups -OCH3 is 1. The van der Waals surface area contributed by atoms with Crippen molar-refractivity contribution in [3.8, 4) is 5.75 Å². The molecule has 1 aromatic heterocycles. The Bertz CT molecular complexity index is 539. The average molecular weight is 220 g/mol. The normalized spacial score (nSPS) is 10.6. The second-order valence-electron chi connectivity index (χ2n) is 3.43. The lowest BCUT2D eigenvalue weighted by atomic mass is 10.1. The molecule has 0 fully saturated rings. The number of fused-ring (bicyclic) bond motifs is 1. The van der Waals surface area contributed by atoms with E-state index < -0.39 is 5.97 Å². The molecule has 0 atom stereocenters. The Morgan fingerprint density at radius 2 is 2.25 bits per heavy atom. The zero-order chi connectivity index (χ0) is 11.7. The van der Waals surface area contributed by atoms with E-state index in [9.17, 15) is 4.79 Å². The van der Waals surface area contributed by atoms with Gasteiger partial charge in [0.05, 0.1) is 7.11 Å². The summed E-state index contributed by atoms with van der Waals surface area (Å²) in [5.74, 6) is -0.345. The lowest BCUT2D eigenvalue weighted by Crippen LogP contribution is -1.92. The molecule has 0 aliphatic carbocycles. The number of rotatable bonds is 3. The smallest absolute Gasteiger partial charge is 0.371 e. The van der Waals surface area contributed by atoms with Crippen LogP contribution in [0.4, 0.5) is 0 Å². The van der Waals surface area contributed by atoms with Gasteiger partial charge in [-0.15, -0.1) is 0 Å². The molecule has 0 spiro atoms. The summed E-state index contributed by atoms with van der Waals surface area (Å²) in [7, 11) is 1.60. The predicted molar refractivity (Wildman–Crippen MR) is 59.1 cm³/mol. The number of carboxylic acid groups (broad SMARTS) is 1. The average Bonchev–Trinajstić information content (AvgIpc) is 2.71. The molecule has 4 heteroatoms. The first-order chi connectivity index (χ1) is 7.67. The van der Waals surface area contributed by atoms with Crippen molar-refractivity contribution in [3.63, 3.8) is 0 Å². The fourth-order valence-electron chi connectivity index (χ4n) is 1.81. The van der Waals surface area contributed by atoms with Crippen molar-refractivity contribution in [2.24, 2.45) is 0 Å². The molecular weight excluding hydrogens is 208 g/mol. The minimum atomic E-state index is -1.06. The maximum absolute atomic E-state index is 10.8. The van der Waals surface area contributed by atoms with Crippen LogP contribution in [-0.4, -0.2) is 18.2 Å². The maximum Gasteiger partial charge on any atom is 0.371 e. The first-order valence-corrected chi connectivity index (χ1v) is 5.00. The van der Waals surface area contributed by atoms with Gasteiger partial charge in [-0.05, 0) is 24.6 Å². The molecule has 0 saturated carbocycles. The summed E-state index contributed by atoms with van der Waals surface area (Å²) in [6.45, 7) is 1.99. The number of ether oxygens (including phenoxy) is 1. The van der Waals surface area contributed by atoms with E-state index in [4.69, 9.17) is 14.3 Å². The van der Waals surface area contributed by atoms with Crippen molar-refractivity contribution in [2.45, 2.75) is 13.3 Å². The van der Waals surface area contributed by atoms with Gasteiger partial charge in [0, 0.05) is 10.9 Å². The molecule has 1 aromatic carbocycles. The van der Waals surface area contributed by atoms with Crippen LogP contribution in [0.3, 0.4) is 0 Å². The highest BCUT2D eigenvalue weighted by Crippen LogP contribution is 2.30. The van der Waals surface area contributed by atoms with Crippen LogP contribution in [0.15, 0.2) is 22.6 Å². The summed E-state index contributed by atoms with van der Waals surface area (Å²) in [6, 6.07) is 5.05. The number of hydrogen-bond acceptors (Lipinski definition) is 3. The molecule has 1 heterocycles. The van der Waals surface area contributed by atoms with Gasteiger partial charge < -0.3 is 14.3 Å². The second kappa shape index (κ2) is 3.89. The number of carbonyl (C=O) groups is 1. The zero-order valence-corrected chi connectivity index (χ0v) is 9.11. The third-order valence-corrected chi connectivity index (χ3v) is 2.55. The molecule has 0 unspecified atom stereocenters. The highest BCUT2D eigenvalue weighted by atomic mass is 16.5. The fraction of sp³-hybridized carbons (Fsp3) is 0.250. The highest BCUT2D eigenvalue weighted by Gasteiger charge is 2.14. The van der Waals surface area contributed by atoms with Gasteiger partial charge in [0.1, 0.15) is 11.3 Å². The first kappa shape index (κ1) is 10.5. The van der Waals surface area contributed by atoms with Crippen LogP contribution in [0.25, 0.3) is 11.0 Å². The summed E-state index contributed by atoms with van der Waals surface area (Å²) in [5, 5.41) is 9.66. The molecule has 2 aromatic rings. The van der Waals surface area contributed by atoms with Gasteiger partial charge in [0.15, 0.2) is 0 Å². The van der Waals surface area contributed by atoms with Gasteiger partial charge in [0.25, 0.3) is 0 Å². The SMILES string of the molecule is CCc1c(OC)ccc2oc(C(=O)O)cc12. The van der Waals surface area contributed by atoms with E-state index in [1.165, 1.54) is 0 Å². The minimum Gasteiger partial charge on any atom is -0.496 e. The Balaban J connectivity index is 2.71. The van der Waals surface area contributed by atoms with E-state index in [0.717, 1.165) is 23.1 Å². The molecule has 1 N–H and O–H groups in total. The van der Waals surface area contributed by atoms with Gasteiger partial charge in [-0.1, -0.05) is 6.92 Å². The third-order valence-electron chi connectivity index (χ3n) is 2.55. The third kappa shape index (κ3) is 1.52. The summed E-state index contributed by atoms with van der Waals surface area (Å²) in [4.78, 5) is 10.8. The van der Waals surface area contributed by atoms with Gasteiger partial charge in [-0.3, -0.25) is 0 Å². The molecular formula is C12H12O4. The molecule has 0 bridgehead atoms. The van der Waals surface area contributed by atoms with Crippen molar-refractivity contribution >= 4 is 16.9 Å². The molecule has 0 saturated heterocycles. The Morgan fingerprint density at radius 1 is 1.50 bits per heavy atom. The Morgan fingerprint density at radius 3 is 2.81 bits per heavy atom. The Kier molecular flexibility index (Phi) is 2.56. The van der Waals surface area contributed by atoms with Crippen molar-refractivity contribution < 1.29 is 19.1 Å². The van der Waals surface area contributed by atoms with E-state index in [-0.39, 0.29) is 5.76 Å². The number of aromatic carboxylic acids is 1. The summed E-state index contributed by atoms with van der Waals surface area (Å²) in [6.07, 6.45) is 0.763.